The number of methoxy groups -OCH3 is 1. The van der Waals surface area contributed by atoms with Crippen molar-refractivity contribution in [3.05, 3.63) is 48.3 Å². The number of hydrogen-bond acceptors (Lipinski definition) is 3. The Bertz CT molecular complexity index is 753. The summed E-state index contributed by atoms with van der Waals surface area (Å²) in [5, 5.41) is 3.34. The van der Waals surface area contributed by atoms with Gasteiger partial charge in [0.15, 0.2) is 17.5 Å². The van der Waals surface area contributed by atoms with Crippen molar-refractivity contribution >= 4 is 29.9 Å². The predicted molar refractivity (Wildman–Crippen MR) is 115 cm³/mol. The van der Waals surface area contributed by atoms with Crippen LogP contribution in [0.3, 0.4) is 0 Å². The van der Waals surface area contributed by atoms with E-state index in [0.29, 0.717) is 18.5 Å². The zero-order chi connectivity index (χ0) is 18.5. The summed E-state index contributed by atoms with van der Waals surface area (Å²) in [6.07, 6.45) is 6.79. The number of aromatic nitrogens is 2. The highest BCUT2D eigenvalue weighted by molar-refractivity contribution is 14.0. The number of guanidine groups is 1. The topological polar surface area (TPSA) is 54.7 Å². The third-order valence-electron chi connectivity index (χ3n) is 5.00. The first-order valence-electron chi connectivity index (χ1n) is 8.87. The lowest BCUT2D eigenvalue weighted by Crippen LogP contribution is -2.48. The molecule has 1 saturated heterocycles. The number of aliphatic imine (C=N–C) groups is 1. The number of hydrogen-bond donors (Lipinski definition) is 1. The van der Waals surface area contributed by atoms with E-state index in [-0.39, 0.29) is 35.5 Å². The summed E-state index contributed by atoms with van der Waals surface area (Å²) in [4.78, 5) is 10.8. The van der Waals surface area contributed by atoms with Crippen molar-refractivity contribution in [3.63, 3.8) is 0 Å². The molecule has 0 radical (unpaired) electrons. The molecule has 1 N–H and O–H groups in total. The van der Waals surface area contributed by atoms with Crippen LogP contribution in [0.1, 0.15) is 24.9 Å². The van der Waals surface area contributed by atoms with Gasteiger partial charge in [0.05, 0.1) is 19.5 Å². The summed E-state index contributed by atoms with van der Waals surface area (Å²) >= 11 is 0. The molecule has 1 fully saturated rings. The van der Waals surface area contributed by atoms with Crippen molar-refractivity contribution < 1.29 is 9.13 Å². The number of piperidine rings is 1. The number of ether oxygens (including phenoxy) is 1. The van der Waals surface area contributed by atoms with E-state index in [9.17, 15) is 4.39 Å². The molecule has 1 aromatic carbocycles. The molecule has 2 unspecified atom stereocenters. The fourth-order valence-corrected chi connectivity index (χ4v) is 3.43. The quantitative estimate of drug-likeness (QED) is 0.409. The Balaban J connectivity index is 0.00000261. The summed E-state index contributed by atoms with van der Waals surface area (Å²) in [7, 11) is 3.24. The lowest BCUT2D eigenvalue weighted by molar-refractivity contribution is 0.189. The zero-order valence-electron chi connectivity index (χ0n) is 15.9. The third-order valence-corrected chi connectivity index (χ3v) is 5.00. The van der Waals surface area contributed by atoms with Gasteiger partial charge >= 0.3 is 0 Å². The maximum atomic E-state index is 13.9. The molecule has 148 valence electrons. The molecule has 0 aliphatic carbocycles. The van der Waals surface area contributed by atoms with Gasteiger partial charge in [0.2, 0.25) is 0 Å². The van der Waals surface area contributed by atoms with Crippen LogP contribution in [0, 0.1) is 11.7 Å². The molecular formula is C19H27FIN5O. The van der Waals surface area contributed by atoms with Crippen molar-refractivity contribution in [1.29, 1.82) is 0 Å². The maximum Gasteiger partial charge on any atom is 0.193 e. The van der Waals surface area contributed by atoms with E-state index >= 15 is 0 Å². The minimum atomic E-state index is -0.353. The van der Waals surface area contributed by atoms with E-state index in [1.807, 2.05) is 24.8 Å². The molecule has 3 rings (SSSR count). The van der Waals surface area contributed by atoms with Gasteiger partial charge in [0, 0.05) is 39.1 Å². The van der Waals surface area contributed by atoms with Crippen LogP contribution >= 0.6 is 24.0 Å². The van der Waals surface area contributed by atoms with Crippen molar-refractivity contribution in [1.82, 2.24) is 19.8 Å². The molecule has 27 heavy (non-hydrogen) atoms. The van der Waals surface area contributed by atoms with E-state index in [4.69, 9.17) is 4.74 Å². The summed E-state index contributed by atoms with van der Waals surface area (Å²) < 4.78 is 21.0. The second-order valence-electron chi connectivity index (χ2n) is 6.66. The number of rotatable bonds is 4. The van der Waals surface area contributed by atoms with Crippen LogP contribution in [-0.2, 0) is 6.54 Å². The molecule has 0 amide bonds. The summed E-state index contributed by atoms with van der Waals surface area (Å²) in [6.45, 7) is 4.60. The molecule has 2 heterocycles. The van der Waals surface area contributed by atoms with Gasteiger partial charge < -0.3 is 19.5 Å². The van der Waals surface area contributed by atoms with Crippen LogP contribution in [0.25, 0.3) is 0 Å². The monoisotopic (exact) mass is 487 g/mol. The molecule has 2 aromatic rings. The first-order valence-corrected chi connectivity index (χ1v) is 8.87. The fourth-order valence-electron chi connectivity index (χ4n) is 3.43. The van der Waals surface area contributed by atoms with Crippen LogP contribution in [0.15, 0.2) is 41.9 Å². The summed E-state index contributed by atoms with van der Waals surface area (Å²) in [6, 6.07) is 5.36. The van der Waals surface area contributed by atoms with Gasteiger partial charge in [-0.1, -0.05) is 13.0 Å². The highest BCUT2D eigenvalue weighted by atomic mass is 127. The standard InChI is InChI=1S/C19H26FN5O.HI/c1-14-6-8-24(12-17(14)25-9-7-22-13-25)19(21-2)23-11-15-4-5-18(26-3)16(20)10-15;/h4-5,7,9-10,13-14,17H,6,8,11-12H2,1-3H3,(H,21,23);1H. The largest absolute Gasteiger partial charge is 0.494 e. The van der Waals surface area contributed by atoms with E-state index in [0.717, 1.165) is 31.0 Å². The fraction of sp³-hybridized carbons (Fsp3) is 0.474. The lowest BCUT2D eigenvalue weighted by atomic mass is 9.93. The Labute approximate surface area is 176 Å². The third kappa shape index (κ3) is 5.12. The smallest absolute Gasteiger partial charge is 0.193 e. The zero-order valence-corrected chi connectivity index (χ0v) is 18.3. The van der Waals surface area contributed by atoms with E-state index in [1.165, 1.54) is 13.2 Å². The Morgan fingerprint density at radius 3 is 2.89 bits per heavy atom. The molecule has 0 spiro atoms. The normalized spacial score (nSPS) is 20.1. The van der Waals surface area contributed by atoms with Crippen LogP contribution < -0.4 is 10.1 Å². The van der Waals surface area contributed by atoms with E-state index in [1.54, 1.807) is 13.1 Å². The average Bonchev–Trinajstić information content (AvgIpc) is 3.18. The van der Waals surface area contributed by atoms with Crippen LogP contribution in [0.2, 0.25) is 0 Å². The summed E-state index contributed by atoms with van der Waals surface area (Å²) in [5.74, 6) is 1.31. The number of nitrogens with one attached hydrogen (secondary N) is 1. The number of benzene rings is 1. The minimum Gasteiger partial charge on any atom is -0.494 e. The number of halogens is 2. The average molecular weight is 487 g/mol. The first kappa shape index (κ1) is 21.5. The second-order valence-corrected chi connectivity index (χ2v) is 6.66. The van der Waals surface area contributed by atoms with Crippen molar-refractivity contribution in [2.24, 2.45) is 10.9 Å². The molecule has 0 saturated carbocycles. The first-order chi connectivity index (χ1) is 12.6. The van der Waals surface area contributed by atoms with Crippen LogP contribution in [-0.4, -0.2) is 47.7 Å². The van der Waals surface area contributed by atoms with E-state index < -0.39 is 0 Å². The van der Waals surface area contributed by atoms with Crippen molar-refractivity contribution in [3.8, 4) is 5.75 Å². The van der Waals surface area contributed by atoms with Crippen molar-refractivity contribution in [2.45, 2.75) is 25.9 Å². The summed E-state index contributed by atoms with van der Waals surface area (Å²) in [5.41, 5.74) is 0.848. The lowest BCUT2D eigenvalue weighted by Gasteiger charge is -2.39. The molecule has 8 heteroatoms. The second kappa shape index (κ2) is 9.91. The Morgan fingerprint density at radius 2 is 2.26 bits per heavy atom. The number of likely N-dealkylation sites (tertiary alicyclic amines) is 1. The molecule has 1 aliphatic heterocycles. The van der Waals surface area contributed by atoms with Gasteiger partial charge in [-0.3, -0.25) is 4.99 Å². The Kier molecular flexibility index (Phi) is 7.88. The van der Waals surface area contributed by atoms with Gasteiger partial charge in [-0.25, -0.2) is 9.37 Å². The van der Waals surface area contributed by atoms with E-state index in [2.05, 4.69) is 31.7 Å². The minimum absolute atomic E-state index is 0. The molecule has 1 aromatic heterocycles. The highest BCUT2D eigenvalue weighted by Crippen LogP contribution is 2.27. The van der Waals surface area contributed by atoms with Crippen molar-refractivity contribution in [2.75, 3.05) is 27.2 Å². The molecular weight excluding hydrogens is 460 g/mol. The predicted octanol–water partition coefficient (Wildman–Crippen LogP) is 3.31. The van der Waals surface area contributed by atoms with Gasteiger partial charge in [-0.15, -0.1) is 24.0 Å². The number of nitrogens with zero attached hydrogens (tertiary/aromatic N) is 4. The Morgan fingerprint density at radius 1 is 1.44 bits per heavy atom. The maximum absolute atomic E-state index is 13.9. The molecule has 6 nitrogen and oxygen atoms in total. The molecule has 0 bridgehead atoms. The molecule has 1 aliphatic rings. The number of imidazole rings is 1. The highest BCUT2D eigenvalue weighted by Gasteiger charge is 2.28. The Hall–Kier alpha value is -1.84. The SMILES string of the molecule is CN=C(NCc1ccc(OC)c(F)c1)N1CCC(C)C(n2ccnc2)C1.I. The van der Waals surface area contributed by atoms with Gasteiger partial charge in [0.25, 0.3) is 0 Å². The van der Waals surface area contributed by atoms with Crippen LogP contribution in [0.5, 0.6) is 5.75 Å². The van der Waals surface area contributed by atoms with Gasteiger partial charge in [0.1, 0.15) is 0 Å². The molecule has 2 atom stereocenters. The van der Waals surface area contributed by atoms with Gasteiger partial charge in [-0.2, -0.15) is 0 Å². The van der Waals surface area contributed by atoms with Crippen LogP contribution in [0.4, 0.5) is 4.39 Å². The van der Waals surface area contributed by atoms with Gasteiger partial charge in [-0.05, 0) is 30.0 Å².